The number of unbranched alkanes of at least 4 members (excludes halogenated alkanes) is 3. The number of sulfonamides is 1. The van der Waals surface area contributed by atoms with Gasteiger partial charge in [-0.2, -0.15) is 0 Å². The van der Waals surface area contributed by atoms with Crippen LogP contribution in [0.15, 0.2) is 53.4 Å². The molecule has 166 valence electrons. The molecule has 5 nitrogen and oxygen atoms in total. The van der Waals surface area contributed by atoms with Crippen LogP contribution in [-0.4, -0.2) is 26.1 Å². The van der Waals surface area contributed by atoms with E-state index in [0.29, 0.717) is 18.3 Å². The molecule has 30 heavy (non-hydrogen) atoms. The quantitative estimate of drug-likeness (QED) is 0.382. The highest BCUT2D eigenvalue weighted by Gasteiger charge is 2.15. The first kappa shape index (κ1) is 24.4. The van der Waals surface area contributed by atoms with Crippen LogP contribution in [0.4, 0.5) is 5.69 Å². The lowest BCUT2D eigenvalue weighted by molar-refractivity contribution is 0.168. The Balaban J connectivity index is 1.89. The Hall–Kier alpha value is -1.89. The topological polar surface area (TPSA) is 78.4 Å². The molecule has 2 unspecified atom stereocenters. The Morgan fingerprint density at radius 2 is 1.60 bits per heavy atom. The molecular formula is C24H36N2O3S. The van der Waals surface area contributed by atoms with E-state index in [0.717, 1.165) is 24.0 Å². The smallest absolute Gasteiger partial charge is 0.261 e. The minimum absolute atomic E-state index is 0.228. The van der Waals surface area contributed by atoms with Crippen LogP contribution < -0.4 is 10.0 Å². The zero-order chi connectivity index (χ0) is 22.0. The van der Waals surface area contributed by atoms with Crippen LogP contribution in [0.25, 0.3) is 0 Å². The van der Waals surface area contributed by atoms with Gasteiger partial charge in [0.05, 0.1) is 11.0 Å². The Labute approximate surface area is 182 Å². The number of anilines is 1. The van der Waals surface area contributed by atoms with Crippen LogP contribution in [0.5, 0.6) is 0 Å². The molecule has 0 heterocycles. The summed E-state index contributed by atoms with van der Waals surface area (Å²) in [6.45, 7) is 6.78. The average molecular weight is 433 g/mol. The number of aliphatic hydroxyl groups excluding tert-OH is 1. The summed E-state index contributed by atoms with van der Waals surface area (Å²) in [5, 5.41) is 14.0. The normalized spacial score (nSPS) is 13.7. The molecule has 2 atom stereocenters. The van der Waals surface area contributed by atoms with Gasteiger partial charge in [0, 0.05) is 18.3 Å². The van der Waals surface area contributed by atoms with Crippen molar-refractivity contribution in [3.05, 3.63) is 59.7 Å². The van der Waals surface area contributed by atoms with E-state index in [4.69, 9.17) is 0 Å². The second kappa shape index (κ2) is 12.1. The van der Waals surface area contributed by atoms with Crippen molar-refractivity contribution >= 4 is 15.7 Å². The lowest BCUT2D eigenvalue weighted by Gasteiger charge is -2.20. The Kier molecular flexibility index (Phi) is 9.82. The van der Waals surface area contributed by atoms with E-state index in [1.807, 2.05) is 6.92 Å². The number of hydrogen-bond donors (Lipinski definition) is 3. The maximum Gasteiger partial charge on any atom is 0.261 e. The third kappa shape index (κ3) is 7.74. The molecule has 0 radical (unpaired) electrons. The molecule has 2 aromatic carbocycles. The van der Waals surface area contributed by atoms with Gasteiger partial charge in [0.1, 0.15) is 0 Å². The van der Waals surface area contributed by atoms with Gasteiger partial charge < -0.3 is 10.4 Å². The van der Waals surface area contributed by atoms with Gasteiger partial charge in [-0.25, -0.2) is 8.42 Å². The summed E-state index contributed by atoms with van der Waals surface area (Å²) in [6.07, 6.45) is 6.53. The minimum Gasteiger partial charge on any atom is -0.387 e. The van der Waals surface area contributed by atoms with Crippen molar-refractivity contribution in [2.75, 3.05) is 11.3 Å². The molecule has 0 aliphatic rings. The summed E-state index contributed by atoms with van der Waals surface area (Å²) in [6, 6.07) is 14.0. The summed E-state index contributed by atoms with van der Waals surface area (Å²) >= 11 is 0. The van der Waals surface area contributed by atoms with E-state index in [1.54, 1.807) is 48.5 Å². The van der Waals surface area contributed by atoms with E-state index < -0.39 is 16.1 Å². The predicted octanol–water partition coefficient (Wildman–Crippen LogP) is 5.17. The predicted molar refractivity (Wildman–Crippen MR) is 124 cm³/mol. The Morgan fingerprint density at radius 3 is 2.20 bits per heavy atom. The van der Waals surface area contributed by atoms with Crippen LogP contribution in [0.2, 0.25) is 0 Å². The van der Waals surface area contributed by atoms with Crippen LogP contribution in [0.1, 0.15) is 69.6 Å². The van der Waals surface area contributed by atoms with Crippen LogP contribution in [0.3, 0.4) is 0 Å². The van der Waals surface area contributed by atoms with E-state index in [-0.39, 0.29) is 4.90 Å². The van der Waals surface area contributed by atoms with Crippen molar-refractivity contribution < 1.29 is 13.5 Å². The molecule has 0 aliphatic carbocycles. The number of aliphatic hydroxyl groups is 1. The zero-order valence-corrected chi connectivity index (χ0v) is 19.2. The first-order valence-electron chi connectivity index (χ1n) is 11.0. The van der Waals surface area contributed by atoms with Gasteiger partial charge in [-0.05, 0) is 49.6 Å². The van der Waals surface area contributed by atoms with Crippen molar-refractivity contribution in [2.45, 2.75) is 76.3 Å². The van der Waals surface area contributed by atoms with Gasteiger partial charge in [-0.15, -0.1) is 0 Å². The second-order valence-corrected chi connectivity index (χ2v) is 9.60. The molecule has 3 N–H and O–H groups in total. The SMILES string of the molecule is CCCCCCC(CC)NCC(O)c1ccc(NS(=O)(=O)c2ccc(C)cc2)cc1. The van der Waals surface area contributed by atoms with Crippen molar-refractivity contribution in [3.8, 4) is 0 Å². The Morgan fingerprint density at radius 1 is 0.933 bits per heavy atom. The summed E-state index contributed by atoms with van der Waals surface area (Å²) < 4.78 is 27.6. The van der Waals surface area contributed by atoms with Gasteiger partial charge in [0.2, 0.25) is 0 Å². The summed E-state index contributed by atoms with van der Waals surface area (Å²) in [5.74, 6) is 0. The third-order valence-electron chi connectivity index (χ3n) is 5.38. The molecule has 0 amide bonds. The Bertz CT molecular complexity index is 849. The number of rotatable bonds is 13. The van der Waals surface area contributed by atoms with E-state index in [9.17, 15) is 13.5 Å². The summed E-state index contributed by atoms with van der Waals surface area (Å²) in [5.41, 5.74) is 2.25. The van der Waals surface area contributed by atoms with Crippen molar-refractivity contribution in [3.63, 3.8) is 0 Å². The first-order valence-corrected chi connectivity index (χ1v) is 12.4. The molecule has 2 rings (SSSR count). The molecule has 6 heteroatoms. The van der Waals surface area contributed by atoms with Crippen molar-refractivity contribution in [1.29, 1.82) is 0 Å². The highest BCUT2D eigenvalue weighted by Crippen LogP contribution is 2.20. The minimum atomic E-state index is -3.63. The molecule has 0 aromatic heterocycles. The fraction of sp³-hybridized carbons (Fsp3) is 0.500. The summed E-state index contributed by atoms with van der Waals surface area (Å²) in [4.78, 5) is 0.228. The highest BCUT2D eigenvalue weighted by atomic mass is 32.2. The molecule has 0 aliphatic heterocycles. The van der Waals surface area contributed by atoms with Crippen molar-refractivity contribution in [2.24, 2.45) is 0 Å². The number of benzene rings is 2. The molecule has 0 spiro atoms. The maximum atomic E-state index is 12.5. The van der Waals surface area contributed by atoms with Gasteiger partial charge in [-0.3, -0.25) is 4.72 Å². The zero-order valence-electron chi connectivity index (χ0n) is 18.4. The molecule has 0 bridgehead atoms. The monoisotopic (exact) mass is 432 g/mol. The van der Waals surface area contributed by atoms with Gasteiger partial charge >= 0.3 is 0 Å². The number of hydrogen-bond acceptors (Lipinski definition) is 4. The lowest BCUT2D eigenvalue weighted by Crippen LogP contribution is -2.32. The lowest BCUT2D eigenvalue weighted by atomic mass is 10.0. The van der Waals surface area contributed by atoms with E-state index in [2.05, 4.69) is 23.9 Å². The maximum absolute atomic E-state index is 12.5. The molecule has 0 saturated heterocycles. The molecule has 2 aromatic rings. The fourth-order valence-electron chi connectivity index (χ4n) is 3.37. The standard InChI is InChI=1S/C24H36N2O3S/c1-4-6-7-8-9-21(5-2)25-18-24(27)20-12-14-22(15-13-20)26-30(28,29)23-16-10-19(3)11-17-23/h10-17,21,24-27H,4-9,18H2,1-3H3. The molecule has 0 saturated carbocycles. The van der Waals surface area contributed by atoms with Gasteiger partial charge in [0.15, 0.2) is 0 Å². The largest absolute Gasteiger partial charge is 0.387 e. The van der Waals surface area contributed by atoms with E-state index in [1.165, 1.54) is 25.7 Å². The second-order valence-electron chi connectivity index (χ2n) is 7.92. The first-order chi connectivity index (χ1) is 14.4. The highest BCUT2D eigenvalue weighted by molar-refractivity contribution is 7.92. The molecular weight excluding hydrogens is 396 g/mol. The average Bonchev–Trinajstić information content (AvgIpc) is 2.73. The van der Waals surface area contributed by atoms with Crippen LogP contribution >= 0.6 is 0 Å². The van der Waals surface area contributed by atoms with Gasteiger partial charge in [0.25, 0.3) is 10.0 Å². The molecule has 0 fully saturated rings. The fourth-order valence-corrected chi connectivity index (χ4v) is 4.43. The third-order valence-corrected chi connectivity index (χ3v) is 6.77. The summed E-state index contributed by atoms with van der Waals surface area (Å²) in [7, 11) is -3.63. The van der Waals surface area contributed by atoms with Gasteiger partial charge in [-0.1, -0.05) is 69.4 Å². The van der Waals surface area contributed by atoms with Crippen molar-refractivity contribution in [1.82, 2.24) is 5.32 Å². The van der Waals surface area contributed by atoms with Crippen LogP contribution in [0, 0.1) is 6.92 Å². The number of aryl methyl sites for hydroxylation is 1. The number of nitrogens with one attached hydrogen (secondary N) is 2. The van der Waals surface area contributed by atoms with Crippen LogP contribution in [-0.2, 0) is 10.0 Å². The van der Waals surface area contributed by atoms with E-state index >= 15 is 0 Å².